The molecule has 2 bridgehead atoms. The molecular weight excluding hydrogens is 134 g/mol. The molecule has 0 aromatic rings. The Balaban J connectivity index is 0.000000405. The summed E-state index contributed by atoms with van der Waals surface area (Å²) in [5.74, 6) is 1.94. The molecule has 2 fully saturated rings. The fraction of sp³-hybridized carbons (Fsp3) is 1.00. The highest BCUT2D eigenvalue weighted by Gasteiger charge is 2.36. The number of rotatable bonds is 0. The molecule has 9 heavy (non-hydrogen) atoms. The van der Waals surface area contributed by atoms with Crippen LogP contribution in [0.25, 0.3) is 0 Å². The van der Waals surface area contributed by atoms with Crippen molar-refractivity contribution in [3.05, 3.63) is 0 Å². The summed E-state index contributed by atoms with van der Waals surface area (Å²) in [6, 6.07) is 0.578. The second-order valence-corrected chi connectivity index (χ2v) is 3.34. The Morgan fingerprint density at radius 3 is 2.11 bits per heavy atom. The summed E-state index contributed by atoms with van der Waals surface area (Å²) < 4.78 is 0. The van der Waals surface area contributed by atoms with Crippen molar-refractivity contribution in [1.82, 2.24) is 0 Å². The van der Waals surface area contributed by atoms with Crippen molar-refractivity contribution in [2.45, 2.75) is 31.7 Å². The molecule has 0 spiro atoms. The fourth-order valence-corrected chi connectivity index (χ4v) is 2.29. The lowest BCUT2D eigenvalue weighted by Gasteiger charge is -2.15. The minimum atomic E-state index is 0. The highest BCUT2D eigenvalue weighted by Crippen LogP contribution is 2.43. The lowest BCUT2D eigenvalue weighted by atomic mass is 9.96. The van der Waals surface area contributed by atoms with Crippen LogP contribution >= 0.6 is 12.4 Å². The quantitative estimate of drug-likeness (QED) is 0.553. The van der Waals surface area contributed by atoms with E-state index in [0.717, 1.165) is 11.8 Å². The van der Waals surface area contributed by atoms with Gasteiger partial charge in [0, 0.05) is 6.04 Å². The van der Waals surface area contributed by atoms with E-state index < -0.39 is 0 Å². The molecular formula is C7H14ClN. The molecule has 0 aromatic carbocycles. The number of nitrogens with two attached hydrogens (primary N) is 1. The van der Waals surface area contributed by atoms with Gasteiger partial charge in [-0.05, 0) is 31.1 Å². The Labute approximate surface area is 62.4 Å². The average Bonchev–Trinajstić information content (AvgIpc) is 2.23. The SMILES string of the molecule is Cl.N[C@H]1C[C@@H]2CC[C@H]1C2. The van der Waals surface area contributed by atoms with E-state index in [1.807, 2.05) is 0 Å². The zero-order valence-corrected chi connectivity index (χ0v) is 6.36. The van der Waals surface area contributed by atoms with Crippen LogP contribution in [0.5, 0.6) is 0 Å². The summed E-state index contributed by atoms with van der Waals surface area (Å²) >= 11 is 0. The van der Waals surface area contributed by atoms with Crippen LogP contribution < -0.4 is 5.73 Å². The predicted octanol–water partition coefficient (Wildman–Crippen LogP) is 1.56. The maximum Gasteiger partial charge on any atom is 0.00699 e. The molecule has 0 unspecified atom stereocenters. The summed E-state index contributed by atoms with van der Waals surface area (Å²) in [4.78, 5) is 0. The van der Waals surface area contributed by atoms with Crippen molar-refractivity contribution in [2.24, 2.45) is 17.6 Å². The summed E-state index contributed by atoms with van der Waals surface area (Å²) in [6.45, 7) is 0. The van der Waals surface area contributed by atoms with Crippen LogP contribution in [-0.4, -0.2) is 6.04 Å². The number of hydrogen-bond acceptors (Lipinski definition) is 1. The van der Waals surface area contributed by atoms with Crippen LogP contribution in [0.1, 0.15) is 25.7 Å². The lowest BCUT2D eigenvalue weighted by Crippen LogP contribution is -2.26. The van der Waals surface area contributed by atoms with E-state index in [1.165, 1.54) is 25.7 Å². The van der Waals surface area contributed by atoms with E-state index in [-0.39, 0.29) is 12.4 Å². The van der Waals surface area contributed by atoms with Gasteiger partial charge in [-0.25, -0.2) is 0 Å². The summed E-state index contributed by atoms with van der Waals surface area (Å²) in [5.41, 5.74) is 5.82. The zero-order valence-electron chi connectivity index (χ0n) is 5.55. The van der Waals surface area contributed by atoms with Gasteiger partial charge in [-0.15, -0.1) is 12.4 Å². The first-order chi connectivity index (χ1) is 3.86. The van der Waals surface area contributed by atoms with Crippen molar-refractivity contribution in [2.75, 3.05) is 0 Å². The zero-order chi connectivity index (χ0) is 5.56. The fourth-order valence-electron chi connectivity index (χ4n) is 2.29. The second kappa shape index (κ2) is 2.47. The highest BCUT2D eigenvalue weighted by atomic mass is 35.5. The van der Waals surface area contributed by atoms with E-state index in [9.17, 15) is 0 Å². The van der Waals surface area contributed by atoms with Crippen LogP contribution in [0.2, 0.25) is 0 Å². The van der Waals surface area contributed by atoms with E-state index in [1.54, 1.807) is 0 Å². The molecule has 0 amide bonds. The molecule has 1 nitrogen and oxygen atoms in total. The molecule has 54 valence electrons. The smallest absolute Gasteiger partial charge is 0.00699 e. The lowest BCUT2D eigenvalue weighted by molar-refractivity contribution is 0.418. The number of fused-ring (bicyclic) bond motifs is 2. The molecule has 0 heterocycles. The van der Waals surface area contributed by atoms with Gasteiger partial charge < -0.3 is 5.73 Å². The largest absolute Gasteiger partial charge is 0.327 e. The van der Waals surface area contributed by atoms with Crippen molar-refractivity contribution < 1.29 is 0 Å². The van der Waals surface area contributed by atoms with Gasteiger partial charge >= 0.3 is 0 Å². The molecule has 2 saturated carbocycles. The summed E-state index contributed by atoms with van der Waals surface area (Å²) in [6.07, 6.45) is 5.66. The van der Waals surface area contributed by atoms with Crippen LogP contribution in [0.15, 0.2) is 0 Å². The van der Waals surface area contributed by atoms with E-state index in [4.69, 9.17) is 5.73 Å². The second-order valence-electron chi connectivity index (χ2n) is 3.34. The number of hydrogen-bond donors (Lipinski definition) is 1. The molecule has 0 aromatic heterocycles. The maximum atomic E-state index is 5.82. The Morgan fingerprint density at radius 2 is 1.89 bits per heavy atom. The molecule has 0 aliphatic heterocycles. The first-order valence-electron chi connectivity index (χ1n) is 3.62. The van der Waals surface area contributed by atoms with Gasteiger partial charge in [-0.2, -0.15) is 0 Å². The van der Waals surface area contributed by atoms with Crippen molar-refractivity contribution in [3.8, 4) is 0 Å². The molecule has 3 atom stereocenters. The van der Waals surface area contributed by atoms with Crippen molar-refractivity contribution >= 4 is 12.4 Å². The molecule has 0 saturated heterocycles. The van der Waals surface area contributed by atoms with Gasteiger partial charge in [-0.3, -0.25) is 0 Å². The first-order valence-corrected chi connectivity index (χ1v) is 3.62. The minimum Gasteiger partial charge on any atom is -0.327 e. The van der Waals surface area contributed by atoms with Crippen LogP contribution in [0, 0.1) is 11.8 Å². The first kappa shape index (κ1) is 7.36. The monoisotopic (exact) mass is 147 g/mol. The molecule has 2 aliphatic carbocycles. The Morgan fingerprint density at radius 1 is 1.11 bits per heavy atom. The topological polar surface area (TPSA) is 26.0 Å². The van der Waals surface area contributed by atoms with E-state index in [2.05, 4.69) is 0 Å². The minimum absolute atomic E-state index is 0. The third kappa shape index (κ3) is 1.08. The van der Waals surface area contributed by atoms with Gasteiger partial charge in [0.15, 0.2) is 0 Å². The molecule has 2 heteroatoms. The predicted molar refractivity (Wildman–Crippen MR) is 40.7 cm³/mol. The van der Waals surface area contributed by atoms with Gasteiger partial charge in [0.2, 0.25) is 0 Å². The third-order valence-corrected chi connectivity index (χ3v) is 2.79. The molecule has 2 rings (SSSR count). The normalized spacial score (nSPS) is 47.0. The van der Waals surface area contributed by atoms with Crippen molar-refractivity contribution in [1.29, 1.82) is 0 Å². The van der Waals surface area contributed by atoms with Crippen LogP contribution in [-0.2, 0) is 0 Å². The third-order valence-electron chi connectivity index (χ3n) is 2.79. The van der Waals surface area contributed by atoms with Crippen LogP contribution in [0.3, 0.4) is 0 Å². The Bertz CT molecular complexity index is 103. The van der Waals surface area contributed by atoms with Gasteiger partial charge in [0.1, 0.15) is 0 Å². The van der Waals surface area contributed by atoms with E-state index >= 15 is 0 Å². The van der Waals surface area contributed by atoms with E-state index in [0.29, 0.717) is 6.04 Å². The summed E-state index contributed by atoms with van der Waals surface area (Å²) in [5, 5.41) is 0. The standard InChI is InChI=1S/C7H13N.ClH/c8-7-4-5-1-2-6(7)3-5;/h5-7H,1-4,8H2;1H/t5-,6+,7+;/m1./s1. The van der Waals surface area contributed by atoms with Crippen LogP contribution in [0.4, 0.5) is 0 Å². The maximum absolute atomic E-state index is 5.82. The Kier molecular flexibility index (Phi) is 2.02. The Hall–Kier alpha value is 0.250. The molecule has 2 N–H and O–H groups in total. The van der Waals surface area contributed by atoms with Gasteiger partial charge in [-0.1, -0.05) is 6.42 Å². The molecule has 0 radical (unpaired) electrons. The van der Waals surface area contributed by atoms with Gasteiger partial charge in [0.05, 0.1) is 0 Å². The highest BCUT2D eigenvalue weighted by molar-refractivity contribution is 5.85. The van der Waals surface area contributed by atoms with Crippen molar-refractivity contribution in [3.63, 3.8) is 0 Å². The van der Waals surface area contributed by atoms with Gasteiger partial charge in [0.25, 0.3) is 0 Å². The average molecular weight is 148 g/mol. The molecule has 2 aliphatic rings. The number of halogens is 1. The summed E-state index contributed by atoms with van der Waals surface area (Å²) in [7, 11) is 0.